The van der Waals surface area contributed by atoms with Crippen molar-refractivity contribution in [2.75, 3.05) is 12.0 Å². The molecule has 2 aromatic rings. The van der Waals surface area contributed by atoms with Gasteiger partial charge in [0, 0.05) is 29.4 Å². The molecule has 0 aliphatic heterocycles. The van der Waals surface area contributed by atoms with Crippen molar-refractivity contribution in [3.63, 3.8) is 0 Å². The molecule has 0 aliphatic rings. The fourth-order valence-electron chi connectivity index (χ4n) is 1.93. The van der Waals surface area contributed by atoms with E-state index in [1.807, 2.05) is 0 Å². The van der Waals surface area contributed by atoms with Gasteiger partial charge in [0.05, 0.1) is 16.6 Å². The van der Waals surface area contributed by atoms with Crippen LogP contribution in [0.15, 0.2) is 23.0 Å². The molecule has 0 saturated heterocycles. The maximum absolute atomic E-state index is 11.8. The molecule has 1 atom stereocenters. The van der Waals surface area contributed by atoms with E-state index in [4.69, 9.17) is 5.11 Å². The van der Waals surface area contributed by atoms with Gasteiger partial charge in [-0.1, -0.05) is 0 Å². The van der Waals surface area contributed by atoms with E-state index in [-0.39, 0.29) is 11.3 Å². The van der Waals surface area contributed by atoms with Gasteiger partial charge in [0.2, 0.25) is 0 Å². The molecular formula is C12H14N2O4S. The topological polar surface area (TPSA) is 92.2 Å². The molecule has 0 fully saturated rings. The number of aryl methyl sites for hydroxylation is 1. The number of nitrogens with one attached hydrogen (secondary N) is 1. The van der Waals surface area contributed by atoms with Gasteiger partial charge in [-0.15, -0.1) is 0 Å². The number of imidazole rings is 1. The molecule has 2 N–H and O–H groups in total. The normalized spacial score (nSPS) is 12.7. The molecule has 1 unspecified atom stereocenters. The van der Waals surface area contributed by atoms with Crippen molar-refractivity contribution in [3.8, 4) is 0 Å². The summed E-state index contributed by atoms with van der Waals surface area (Å²) < 4.78 is 12.5. The molecule has 2 rings (SSSR count). The Morgan fingerprint density at radius 2 is 2.21 bits per heavy atom. The summed E-state index contributed by atoms with van der Waals surface area (Å²) in [6.07, 6.45) is 2.22. The van der Waals surface area contributed by atoms with E-state index in [9.17, 15) is 13.8 Å². The molecule has 0 aliphatic carbocycles. The summed E-state index contributed by atoms with van der Waals surface area (Å²) in [4.78, 5) is 25.4. The first-order valence-corrected chi connectivity index (χ1v) is 7.47. The molecule has 0 amide bonds. The highest BCUT2D eigenvalue weighted by atomic mass is 32.2. The number of H-pyrrole nitrogens is 1. The van der Waals surface area contributed by atoms with Crippen LogP contribution in [-0.2, 0) is 17.3 Å². The SMILES string of the molecule is CS(=O)CCCn1c(=O)[nH]c2ccc(C(=O)O)cc21. The monoisotopic (exact) mass is 282 g/mol. The highest BCUT2D eigenvalue weighted by molar-refractivity contribution is 7.84. The largest absolute Gasteiger partial charge is 0.478 e. The minimum absolute atomic E-state index is 0.138. The van der Waals surface area contributed by atoms with Crippen molar-refractivity contribution in [3.05, 3.63) is 34.2 Å². The van der Waals surface area contributed by atoms with E-state index in [0.29, 0.717) is 29.8 Å². The summed E-state index contributed by atoms with van der Waals surface area (Å²) in [6, 6.07) is 4.50. The zero-order valence-corrected chi connectivity index (χ0v) is 11.2. The number of hydrogen-bond acceptors (Lipinski definition) is 3. The molecule has 7 heteroatoms. The van der Waals surface area contributed by atoms with Crippen LogP contribution in [0.4, 0.5) is 0 Å². The maximum Gasteiger partial charge on any atom is 0.335 e. The van der Waals surface area contributed by atoms with Gasteiger partial charge in [0.15, 0.2) is 0 Å². The van der Waals surface area contributed by atoms with Gasteiger partial charge in [0.25, 0.3) is 0 Å². The Labute approximate surface area is 111 Å². The molecule has 0 saturated carbocycles. The van der Waals surface area contributed by atoms with E-state index in [2.05, 4.69) is 4.98 Å². The fourth-order valence-corrected chi connectivity index (χ4v) is 2.47. The lowest BCUT2D eigenvalue weighted by molar-refractivity contribution is 0.0697. The van der Waals surface area contributed by atoms with Crippen molar-refractivity contribution in [2.45, 2.75) is 13.0 Å². The van der Waals surface area contributed by atoms with Crippen molar-refractivity contribution >= 4 is 27.8 Å². The van der Waals surface area contributed by atoms with E-state index < -0.39 is 16.8 Å². The lowest BCUT2D eigenvalue weighted by atomic mass is 10.2. The fraction of sp³-hybridized carbons (Fsp3) is 0.333. The third-order valence-electron chi connectivity index (χ3n) is 2.84. The van der Waals surface area contributed by atoms with E-state index in [1.54, 1.807) is 12.3 Å². The minimum atomic E-state index is -1.03. The number of hydrogen-bond donors (Lipinski definition) is 2. The number of carboxylic acid groups (broad SMARTS) is 1. The summed E-state index contributed by atoms with van der Waals surface area (Å²) in [6.45, 7) is 0.418. The number of rotatable bonds is 5. The summed E-state index contributed by atoms with van der Waals surface area (Å²) >= 11 is 0. The Morgan fingerprint density at radius 1 is 1.47 bits per heavy atom. The Morgan fingerprint density at radius 3 is 2.84 bits per heavy atom. The molecule has 19 heavy (non-hydrogen) atoms. The third-order valence-corrected chi connectivity index (χ3v) is 3.70. The van der Waals surface area contributed by atoms with Crippen molar-refractivity contribution in [2.24, 2.45) is 0 Å². The van der Waals surface area contributed by atoms with E-state index in [0.717, 1.165) is 0 Å². The van der Waals surface area contributed by atoms with Crippen LogP contribution in [0.25, 0.3) is 11.0 Å². The van der Waals surface area contributed by atoms with Gasteiger partial charge in [-0.3, -0.25) is 8.78 Å². The van der Waals surface area contributed by atoms with E-state index >= 15 is 0 Å². The minimum Gasteiger partial charge on any atom is -0.478 e. The Hall–Kier alpha value is -1.89. The van der Waals surface area contributed by atoms with Crippen LogP contribution in [0.2, 0.25) is 0 Å². The Kier molecular flexibility index (Phi) is 3.84. The second kappa shape index (κ2) is 5.40. The highest BCUT2D eigenvalue weighted by Crippen LogP contribution is 2.13. The van der Waals surface area contributed by atoms with Crippen molar-refractivity contribution in [1.82, 2.24) is 9.55 Å². The number of carbonyl (C=O) groups is 1. The van der Waals surface area contributed by atoms with Crippen LogP contribution in [0, 0.1) is 0 Å². The highest BCUT2D eigenvalue weighted by Gasteiger charge is 2.10. The number of carboxylic acids is 1. The average molecular weight is 282 g/mol. The zero-order chi connectivity index (χ0) is 14.0. The summed E-state index contributed by atoms with van der Waals surface area (Å²) in [5.41, 5.74) is 1.03. The van der Waals surface area contributed by atoms with Crippen LogP contribution in [0.1, 0.15) is 16.8 Å². The lowest BCUT2D eigenvalue weighted by Crippen LogP contribution is -2.17. The predicted octanol–water partition coefficient (Wildman–Crippen LogP) is 0.796. The van der Waals surface area contributed by atoms with Crippen molar-refractivity contribution < 1.29 is 14.1 Å². The molecule has 0 spiro atoms. The second-order valence-corrected chi connectivity index (χ2v) is 5.80. The summed E-state index contributed by atoms with van der Waals surface area (Å²) in [5.74, 6) is -0.519. The smallest absolute Gasteiger partial charge is 0.335 e. The molecule has 0 bridgehead atoms. The number of aromatic amines is 1. The molecule has 1 heterocycles. The quantitative estimate of drug-likeness (QED) is 0.848. The molecule has 1 aromatic heterocycles. The first-order valence-electron chi connectivity index (χ1n) is 5.75. The third kappa shape index (κ3) is 2.93. The number of fused-ring (bicyclic) bond motifs is 1. The van der Waals surface area contributed by atoms with Gasteiger partial charge >= 0.3 is 11.7 Å². The number of aromatic carboxylic acids is 1. The first kappa shape index (κ1) is 13.5. The second-order valence-electron chi connectivity index (χ2n) is 4.25. The molecule has 0 radical (unpaired) electrons. The van der Waals surface area contributed by atoms with Gasteiger partial charge in [-0.25, -0.2) is 9.59 Å². The average Bonchev–Trinajstić information content (AvgIpc) is 2.64. The van der Waals surface area contributed by atoms with Gasteiger partial charge in [0.1, 0.15) is 0 Å². The van der Waals surface area contributed by atoms with E-state index in [1.165, 1.54) is 16.7 Å². The molecular weight excluding hydrogens is 268 g/mol. The number of aromatic nitrogens is 2. The first-order chi connectivity index (χ1) is 8.99. The Bertz CT molecular complexity index is 701. The van der Waals surface area contributed by atoms with Gasteiger partial charge in [-0.05, 0) is 24.6 Å². The van der Waals surface area contributed by atoms with Gasteiger partial charge in [-0.2, -0.15) is 0 Å². The summed E-state index contributed by atoms with van der Waals surface area (Å²) in [5, 5.41) is 8.95. The Balaban J connectivity index is 2.38. The maximum atomic E-state index is 11.8. The van der Waals surface area contributed by atoms with Gasteiger partial charge < -0.3 is 10.1 Å². The van der Waals surface area contributed by atoms with Crippen LogP contribution >= 0.6 is 0 Å². The summed E-state index contributed by atoms with van der Waals surface area (Å²) in [7, 11) is -0.899. The van der Waals surface area contributed by atoms with Crippen LogP contribution in [0.3, 0.4) is 0 Å². The molecule has 6 nitrogen and oxygen atoms in total. The molecule has 1 aromatic carbocycles. The predicted molar refractivity (Wildman–Crippen MR) is 73.1 cm³/mol. The van der Waals surface area contributed by atoms with Crippen LogP contribution in [0.5, 0.6) is 0 Å². The van der Waals surface area contributed by atoms with Crippen molar-refractivity contribution in [1.29, 1.82) is 0 Å². The number of benzene rings is 1. The standard InChI is InChI=1S/C12H14N2O4S/c1-19(18)6-2-5-14-10-7-8(11(15)16)3-4-9(10)13-12(14)17/h3-4,7H,2,5-6H2,1H3,(H,13,17)(H,15,16). The molecule has 102 valence electrons. The van der Waals surface area contributed by atoms with Crippen LogP contribution < -0.4 is 5.69 Å². The number of nitrogens with zero attached hydrogens (tertiary/aromatic N) is 1. The lowest BCUT2D eigenvalue weighted by Gasteiger charge is -2.03. The van der Waals surface area contributed by atoms with Crippen LogP contribution in [-0.4, -0.2) is 36.8 Å². The zero-order valence-electron chi connectivity index (χ0n) is 10.4.